The van der Waals surface area contributed by atoms with Crippen molar-refractivity contribution < 1.29 is 9.18 Å². The second-order valence-electron chi connectivity index (χ2n) is 4.05. The summed E-state index contributed by atoms with van der Waals surface area (Å²) in [6.45, 7) is 0.448. The molecule has 0 saturated carbocycles. The van der Waals surface area contributed by atoms with Crippen LogP contribution in [0.1, 0.15) is 15.2 Å². The van der Waals surface area contributed by atoms with Crippen molar-refractivity contribution in [3.63, 3.8) is 0 Å². The number of primary amides is 1. The highest BCUT2D eigenvalue weighted by Crippen LogP contribution is 2.41. The molecule has 0 aliphatic heterocycles. The molecule has 1 heterocycles. The second kappa shape index (κ2) is 6.15. The van der Waals surface area contributed by atoms with Gasteiger partial charge < -0.3 is 16.8 Å². The first-order valence-electron chi connectivity index (χ1n) is 5.77. The predicted octanol–water partition coefficient (Wildman–Crippen LogP) is 2.90. The lowest BCUT2D eigenvalue weighted by molar-refractivity contribution is 0.100. The van der Waals surface area contributed by atoms with E-state index in [2.05, 4.69) is 5.32 Å². The van der Waals surface area contributed by atoms with Gasteiger partial charge in [-0.15, -0.1) is 23.1 Å². The van der Waals surface area contributed by atoms with Crippen molar-refractivity contribution in [2.24, 2.45) is 5.73 Å². The SMILES string of the molecule is CSc1c(NCc2cccc(F)c2)sc(C(N)=O)c1N. The summed E-state index contributed by atoms with van der Waals surface area (Å²) in [7, 11) is 0. The van der Waals surface area contributed by atoms with Crippen molar-refractivity contribution in [1.82, 2.24) is 0 Å². The first-order chi connectivity index (χ1) is 9.52. The van der Waals surface area contributed by atoms with Crippen LogP contribution in [-0.2, 0) is 6.54 Å². The Bertz CT molecular complexity index is 643. The fourth-order valence-electron chi connectivity index (χ4n) is 1.76. The van der Waals surface area contributed by atoms with Crippen molar-refractivity contribution in [3.05, 3.63) is 40.5 Å². The van der Waals surface area contributed by atoms with Gasteiger partial charge in [0.2, 0.25) is 0 Å². The Hall–Kier alpha value is -1.73. The molecular formula is C13H14FN3OS2. The van der Waals surface area contributed by atoms with Crippen LogP contribution in [0.5, 0.6) is 0 Å². The van der Waals surface area contributed by atoms with E-state index >= 15 is 0 Å². The summed E-state index contributed by atoms with van der Waals surface area (Å²) in [5, 5.41) is 3.94. The van der Waals surface area contributed by atoms with Gasteiger partial charge in [0.1, 0.15) is 15.7 Å². The average molecular weight is 311 g/mol. The molecule has 0 radical (unpaired) electrons. The summed E-state index contributed by atoms with van der Waals surface area (Å²) >= 11 is 2.66. The number of thiophene rings is 1. The highest BCUT2D eigenvalue weighted by atomic mass is 32.2. The Morgan fingerprint density at radius 1 is 1.50 bits per heavy atom. The highest BCUT2D eigenvalue weighted by Gasteiger charge is 2.18. The number of nitrogens with two attached hydrogens (primary N) is 2. The van der Waals surface area contributed by atoms with Crippen molar-refractivity contribution in [1.29, 1.82) is 0 Å². The number of rotatable bonds is 5. The van der Waals surface area contributed by atoms with E-state index in [1.165, 1.54) is 35.2 Å². The third kappa shape index (κ3) is 3.05. The molecule has 0 aliphatic carbocycles. The smallest absolute Gasteiger partial charge is 0.261 e. The number of benzene rings is 1. The summed E-state index contributed by atoms with van der Waals surface area (Å²) in [4.78, 5) is 12.4. The molecule has 0 bridgehead atoms. The molecule has 1 aromatic carbocycles. The van der Waals surface area contributed by atoms with E-state index in [4.69, 9.17) is 11.5 Å². The van der Waals surface area contributed by atoms with Crippen molar-refractivity contribution >= 4 is 39.7 Å². The maximum Gasteiger partial charge on any atom is 0.261 e. The maximum atomic E-state index is 13.1. The van der Waals surface area contributed by atoms with Crippen LogP contribution < -0.4 is 16.8 Å². The number of nitrogen functional groups attached to an aromatic ring is 1. The summed E-state index contributed by atoms with van der Waals surface area (Å²) in [5.41, 5.74) is 12.4. The quantitative estimate of drug-likeness (QED) is 0.742. The molecule has 7 heteroatoms. The normalized spacial score (nSPS) is 10.5. The van der Waals surface area contributed by atoms with Crippen LogP contribution >= 0.6 is 23.1 Å². The van der Waals surface area contributed by atoms with Gasteiger partial charge in [-0.3, -0.25) is 4.79 Å². The molecule has 1 aromatic heterocycles. The maximum absolute atomic E-state index is 13.1. The molecule has 0 saturated heterocycles. The molecule has 2 rings (SSSR count). The standard InChI is InChI=1S/C13H14FN3OS2/c1-19-11-9(15)10(12(16)18)20-13(11)17-6-7-3-2-4-8(14)5-7/h2-5,17H,6,15H2,1H3,(H2,16,18). The number of nitrogens with one attached hydrogen (secondary N) is 1. The lowest BCUT2D eigenvalue weighted by Crippen LogP contribution is -2.10. The van der Waals surface area contributed by atoms with Gasteiger partial charge >= 0.3 is 0 Å². The summed E-state index contributed by atoms with van der Waals surface area (Å²) in [5.74, 6) is -0.820. The highest BCUT2D eigenvalue weighted by molar-refractivity contribution is 7.99. The van der Waals surface area contributed by atoms with Crippen molar-refractivity contribution in [2.45, 2.75) is 11.4 Å². The average Bonchev–Trinajstić information content (AvgIpc) is 2.73. The Morgan fingerprint density at radius 3 is 2.85 bits per heavy atom. The van der Waals surface area contributed by atoms with Gasteiger partial charge in [0.05, 0.1) is 10.6 Å². The first kappa shape index (κ1) is 14.7. The number of carbonyl (C=O) groups is 1. The van der Waals surface area contributed by atoms with Gasteiger partial charge in [-0.25, -0.2) is 4.39 Å². The molecule has 0 unspecified atom stereocenters. The van der Waals surface area contributed by atoms with E-state index < -0.39 is 5.91 Å². The Labute approximate surface area is 124 Å². The minimum absolute atomic E-state index is 0.280. The number of hydrogen-bond donors (Lipinski definition) is 3. The molecule has 0 fully saturated rings. The van der Waals surface area contributed by atoms with Gasteiger partial charge in [-0.2, -0.15) is 0 Å². The largest absolute Gasteiger partial charge is 0.396 e. The molecule has 0 spiro atoms. The van der Waals surface area contributed by atoms with Crippen molar-refractivity contribution in [2.75, 3.05) is 17.3 Å². The lowest BCUT2D eigenvalue weighted by atomic mass is 10.2. The van der Waals surface area contributed by atoms with Crippen molar-refractivity contribution in [3.8, 4) is 0 Å². The van der Waals surface area contributed by atoms with E-state index in [-0.39, 0.29) is 5.82 Å². The van der Waals surface area contributed by atoms with Gasteiger partial charge in [-0.05, 0) is 24.0 Å². The summed E-state index contributed by atoms with van der Waals surface area (Å²) in [6, 6.07) is 6.32. The molecule has 20 heavy (non-hydrogen) atoms. The third-order valence-electron chi connectivity index (χ3n) is 2.67. The van der Waals surface area contributed by atoms with E-state index in [1.807, 2.05) is 12.3 Å². The van der Waals surface area contributed by atoms with Crippen LogP contribution in [0, 0.1) is 5.82 Å². The van der Waals surface area contributed by atoms with Crippen LogP contribution in [0.15, 0.2) is 29.2 Å². The molecule has 0 atom stereocenters. The summed E-state index contributed by atoms with van der Waals surface area (Å²) < 4.78 is 13.1. The summed E-state index contributed by atoms with van der Waals surface area (Å²) in [6.07, 6.45) is 1.87. The lowest BCUT2D eigenvalue weighted by Gasteiger charge is -2.06. The Kier molecular flexibility index (Phi) is 4.51. The van der Waals surface area contributed by atoms with E-state index in [1.54, 1.807) is 6.07 Å². The minimum Gasteiger partial charge on any atom is -0.396 e. The zero-order valence-corrected chi connectivity index (χ0v) is 12.4. The fraction of sp³-hybridized carbons (Fsp3) is 0.154. The topological polar surface area (TPSA) is 81.1 Å². The number of thioether (sulfide) groups is 1. The zero-order chi connectivity index (χ0) is 14.7. The van der Waals surface area contributed by atoms with Crippen LogP contribution in [0.3, 0.4) is 0 Å². The van der Waals surface area contributed by atoms with Gasteiger partial charge in [0.25, 0.3) is 5.91 Å². The third-order valence-corrected chi connectivity index (χ3v) is 4.81. The monoisotopic (exact) mass is 311 g/mol. The second-order valence-corrected chi connectivity index (χ2v) is 5.89. The number of hydrogen-bond acceptors (Lipinski definition) is 5. The van der Waals surface area contributed by atoms with Crippen LogP contribution in [0.25, 0.3) is 0 Å². The van der Waals surface area contributed by atoms with E-state index in [9.17, 15) is 9.18 Å². The molecule has 5 N–H and O–H groups in total. The van der Waals surface area contributed by atoms with Gasteiger partial charge in [0.15, 0.2) is 0 Å². The minimum atomic E-state index is -0.540. The number of carbonyl (C=O) groups excluding carboxylic acids is 1. The number of halogens is 1. The molecule has 1 amide bonds. The number of anilines is 2. The Morgan fingerprint density at radius 2 is 2.25 bits per heavy atom. The predicted molar refractivity (Wildman–Crippen MR) is 82.8 cm³/mol. The van der Waals surface area contributed by atoms with Gasteiger partial charge in [-0.1, -0.05) is 12.1 Å². The van der Waals surface area contributed by atoms with E-state index in [0.29, 0.717) is 17.1 Å². The Balaban J connectivity index is 2.21. The first-order valence-corrected chi connectivity index (χ1v) is 7.81. The zero-order valence-electron chi connectivity index (χ0n) is 10.8. The van der Waals surface area contributed by atoms with E-state index in [0.717, 1.165) is 15.5 Å². The molecule has 106 valence electrons. The van der Waals surface area contributed by atoms with Crippen LogP contribution in [0.4, 0.5) is 15.1 Å². The van der Waals surface area contributed by atoms with Gasteiger partial charge in [0, 0.05) is 6.54 Å². The molecule has 0 aliphatic rings. The molecule has 2 aromatic rings. The number of amides is 1. The molecular weight excluding hydrogens is 297 g/mol. The van der Waals surface area contributed by atoms with Crippen LogP contribution in [-0.4, -0.2) is 12.2 Å². The van der Waals surface area contributed by atoms with Crippen LogP contribution in [0.2, 0.25) is 0 Å². The fourth-order valence-corrected chi connectivity index (χ4v) is 3.64. The molecule has 4 nitrogen and oxygen atoms in total.